The summed E-state index contributed by atoms with van der Waals surface area (Å²) in [5.74, 6) is -0.435. The Kier molecular flexibility index (Phi) is 6.11. The van der Waals surface area contributed by atoms with Crippen LogP contribution in [0.2, 0.25) is 0 Å². The van der Waals surface area contributed by atoms with Gasteiger partial charge in [-0.05, 0) is 12.1 Å². The van der Waals surface area contributed by atoms with Crippen LogP contribution in [-0.4, -0.2) is 46.6 Å². The van der Waals surface area contributed by atoms with Gasteiger partial charge in [0, 0.05) is 20.8 Å². The van der Waals surface area contributed by atoms with Gasteiger partial charge in [0.2, 0.25) is 0 Å². The van der Waals surface area contributed by atoms with Gasteiger partial charge in [0.05, 0.1) is 36.8 Å². The van der Waals surface area contributed by atoms with Gasteiger partial charge in [-0.2, -0.15) is 0 Å². The summed E-state index contributed by atoms with van der Waals surface area (Å²) in [6.45, 7) is 0.923. The number of nitrogen functional groups attached to an aromatic ring is 1. The van der Waals surface area contributed by atoms with Crippen molar-refractivity contribution in [1.82, 2.24) is 0 Å². The highest BCUT2D eigenvalue weighted by Gasteiger charge is 2.15. The Bertz CT molecular complexity index is 423. The van der Waals surface area contributed by atoms with Crippen molar-refractivity contribution < 1.29 is 19.0 Å². The van der Waals surface area contributed by atoms with Gasteiger partial charge < -0.3 is 25.3 Å². The number of rotatable bonds is 7. The minimum Gasteiger partial charge on any atom is -0.465 e. The zero-order valence-electron chi connectivity index (χ0n) is 11.4. The van der Waals surface area contributed by atoms with Crippen LogP contribution in [0, 0.1) is 0 Å². The van der Waals surface area contributed by atoms with Crippen LogP contribution in [0.25, 0.3) is 0 Å². The van der Waals surface area contributed by atoms with E-state index in [1.807, 2.05) is 0 Å². The van der Waals surface area contributed by atoms with Crippen molar-refractivity contribution in [3.8, 4) is 0 Å². The molecule has 0 aliphatic carbocycles. The number of hydrogen-bond donors (Lipinski definition) is 2. The fourth-order valence-electron chi connectivity index (χ4n) is 1.66. The van der Waals surface area contributed by atoms with Crippen molar-refractivity contribution in [1.29, 1.82) is 0 Å². The second kappa shape index (κ2) is 7.60. The third kappa shape index (κ3) is 4.11. The van der Waals surface area contributed by atoms with E-state index in [1.165, 1.54) is 7.11 Å². The van der Waals surface area contributed by atoms with Crippen LogP contribution >= 0.6 is 0 Å². The monoisotopic (exact) mass is 268 g/mol. The van der Waals surface area contributed by atoms with Crippen molar-refractivity contribution >= 4 is 17.3 Å². The minimum absolute atomic E-state index is 0.130. The third-order valence-electron chi connectivity index (χ3n) is 2.69. The summed E-state index contributed by atoms with van der Waals surface area (Å²) in [5, 5.41) is 3.10. The van der Waals surface area contributed by atoms with Crippen LogP contribution in [0.1, 0.15) is 10.4 Å². The first-order valence-electron chi connectivity index (χ1n) is 5.86. The van der Waals surface area contributed by atoms with Gasteiger partial charge in [0.25, 0.3) is 0 Å². The predicted octanol–water partition coefficient (Wildman–Crippen LogP) is 1.13. The summed E-state index contributed by atoms with van der Waals surface area (Å²) < 4.78 is 15.0. The number of nitrogens with one attached hydrogen (secondary N) is 1. The van der Waals surface area contributed by atoms with Crippen molar-refractivity contribution in [2.24, 2.45) is 0 Å². The number of benzene rings is 1. The van der Waals surface area contributed by atoms with Crippen LogP contribution in [0.15, 0.2) is 18.2 Å². The Balaban J connectivity index is 2.84. The molecule has 3 N–H and O–H groups in total. The van der Waals surface area contributed by atoms with Gasteiger partial charge in [0.15, 0.2) is 0 Å². The highest BCUT2D eigenvalue weighted by atomic mass is 16.5. The molecule has 106 valence electrons. The smallest absolute Gasteiger partial charge is 0.340 e. The lowest BCUT2D eigenvalue weighted by Gasteiger charge is -2.18. The zero-order chi connectivity index (χ0) is 14.3. The van der Waals surface area contributed by atoms with Crippen molar-refractivity contribution in [2.75, 3.05) is 45.5 Å². The van der Waals surface area contributed by atoms with Gasteiger partial charge in [-0.15, -0.1) is 0 Å². The molecule has 1 unspecified atom stereocenters. The molecule has 0 saturated heterocycles. The topological polar surface area (TPSA) is 82.8 Å². The molecule has 1 aromatic carbocycles. The first kappa shape index (κ1) is 15.3. The number of carbonyl (C=O) groups excluding carboxylic acids is 1. The molecule has 0 fully saturated rings. The second-order valence-corrected chi connectivity index (χ2v) is 3.96. The summed E-state index contributed by atoms with van der Waals surface area (Å²) in [5.41, 5.74) is 7.30. The Morgan fingerprint density at radius 3 is 2.68 bits per heavy atom. The van der Waals surface area contributed by atoms with Crippen LogP contribution in [0.4, 0.5) is 11.4 Å². The zero-order valence-corrected chi connectivity index (χ0v) is 11.4. The molecular formula is C13H20N2O4. The van der Waals surface area contributed by atoms with E-state index in [2.05, 4.69) is 5.32 Å². The lowest BCUT2D eigenvalue weighted by molar-refractivity contribution is 0.0365. The quantitative estimate of drug-likeness (QED) is 0.570. The fraction of sp³-hybridized carbons (Fsp3) is 0.462. The van der Waals surface area contributed by atoms with Gasteiger partial charge >= 0.3 is 5.97 Å². The average molecular weight is 268 g/mol. The number of ether oxygens (including phenoxy) is 3. The summed E-state index contributed by atoms with van der Waals surface area (Å²) in [6, 6.07) is 5.07. The van der Waals surface area contributed by atoms with Crippen molar-refractivity contribution in [3.63, 3.8) is 0 Å². The van der Waals surface area contributed by atoms with E-state index in [1.54, 1.807) is 32.4 Å². The second-order valence-electron chi connectivity index (χ2n) is 3.96. The number of hydrogen-bond acceptors (Lipinski definition) is 6. The van der Waals surface area contributed by atoms with Gasteiger partial charge in [0.1, 0.15) is 0 Å². The summed E-state index contributed by atoms with van der Waals surface area (Å²) in [4.78, 5) is 11.7. The van der Waals surface area contributed by atoms with Crippen molar-refractivity contribution in [2.45, 2.75) is 6.10 Å². The largest absolute Gasteiger partial charge is 0.465 e. The summed E-state index contributed by atoms with van der Waals surface area (Å²) in [7, 11) is 4.53. The molecule has 0 heterocycles. The molecule has 0 aliphatic rings. The normalized spacial score (nSPS) is 11.9. The van der Waals surface area contributed by atoms with Gasteiger partial charge in [-0.1, -0.05) is 6.07 Å². The summed E-state index contributed by atoms with van der Waals surface area (Å²) >= 11 is 0. The molecule has 1 rings (SSSR count). The van der Waals surface area contributed by atoms with E-state index in [0.29, 0.717) is 30.1 Å². The van der Waals surface area contributed by atoms with E-state index in [9.17, 15) is 4.79 Å². The van der Waals surface area contributed by atoms with E-state index in [-0.39, 0.29) is 6.10 Å². The van der Waals surface area contributed by atoms with Gasteiger partial charge in [-0.3, -0.25) is 0 Å². The molecule has 6 heteroatoms. The highest BCUT2D eigenvalue weighted by Crippen LogP contribution is 2.24. The number of esters is 1. The molecule has 19 heavy (non-hydrogen) atoms. The first-order chi connectivity index (χ1) is 9.13. The maximum absolute atomic E-state index is 11.7. The highest BCUT2D eigenvalue weighted by molar-refractivity contribution is 5.98. The third-order valence-corrected chi connectivity index (χ3v) is 2.69. The molecule has 1 aromatic rings. The molecule has 0 spiro atoms. The lowest BCUT2D eigenvalue weighted by Crippen LogP contribution is -2.27. The van der Waals surface area contributed by atoms with Crippen LogP contribution < -0.4 is 11.1 Å². The number of para-hydroxylation sites is 1. The van der Waals surface area contributed by atoms with Crippen LogP contribution in [0.3, 0.4) is 0 Å². The fourth-order valence-corrected chi connectivity index (χ4v) is 1.66. The molecule has 0 amide bonds. The Morgan fingerprint density at radius 1 is 1.37 bits per heavy atom. The van der Waals surface area contributed by atoms with E-state index in [4.69, 9.17) is 19.9 Å². The minimum atomic E-state index is -0.435. The molecule has 1 atom stereocenters. The summed E-state index contributed by atoms with van der Waals surface area (Å²) in [6.07, 6.45) is -0.130. The Morgan fingerprint density at radius 2 is 2.11 bits per heavy atom. The molecule has 0 aromatic heterocycles. The maximum Gasteiger partial charge on any atom is 0.340 e. The Labute approximate surface area is 112 Å². The van der Waals surface area contributed by atoms with E-state index in [0.717, 1.165) is 0 Å². The number of nitrogens with two attached hydrogens (primary N) is 1. The molecule has 6 nitrogen and oxygen atoms in total. The van der Waals surface area contributed by atoms with Crippen LogP contribution in [0.5, 0.6) is 0 Å². The SMILES string of the molecule is COCC(CNc1c(N)cccc1C(=O)OC)OC. The van der Waals surface area contributed by atoms with Crippen molar-refractivity contribution in [3.05, 3.63) is 23.8 Å². The van der Waals surface area contributed by atoms with Crippen LogP contribution in [-0.2, 0) is 14.2 Å². The molecule has 0 radical (unpaired) electrons. The van der Waals surface area contributed by atoms with E-state index < -0.39 is 5.97 Å². The molecule has 0 aliphatic heterocycles. The Hall–Kier alpha value is -1.79. The lowest BCUT2D eigenvalue weighted by atomic mass is 10.1. The molecular weight excluding hydrogens is 248 g/mol. The van der Waals surface area contributed by atoms with E-state index >= 15 is 0 Å². The van der Waals surface area contributed by atoms with Gasteiger partial charge in [-0.25, -0.2) is 4.79 Å². The number of carbonyl (C=O) groups is 1. The first-order valence-corrected chi connectivity index (χ1v) is 5.86. The molecule has 0 bridgehead atoms. The molecule has 0 saturated carbocycles. The predicted molar refractivity (Wildman–Crippen MR) is 73.4 cm³/mol. The number of anilines is 2. The average Bonchev–Trinajstić information content (AvgIpc) is 2.43. The standard InChI is InChI=1S/C13H20N2O4/c1-17-8-9(18-2)7-15-12-10(13(16)19-3)5-4-6-11(12)14/h4-6,9,15H,7-8,14H2,1-3H3. The maximum atomic E-state index is 11.7. The number of methoxy groups -OCH3 is 3.